The number of carbonyl (C=O) groups is 1. The van der Waals surface area contributed by atoms with Gasteiger partial charge in [0.15, 0.2) is 0 Å². The van der Waals surface area contributed by atoms with Crippen LogP contribution in [-0.4, -0.2) is 5.91 Å². The number of halogens is 5. The smallest absolute Gasteiger partial charge is 0.256 e. The third-order valence-corrected chi connectivity index (χ3v) is 4.66. The van der Waals surface area contributed by atoms with Crippen molar-refractivity contribution in [2.45, 2.75) is 0 Å². The molecule has 0 atom stereocenters. The van der Waals surface area contributed by atoms with Crippen molar-refractivity contribution < 1.29 is 4.79 Å². The van der Waals surface area contributed by atoms with E-state index in [1.165, 1.54) is 0 Å². The lowest BCUT2D eigenvalue weighted by Crippen LogP contribution is -2.13. The average molecular weight is 503 g/mol. The predicted molar refractivity (Wildman–Crippen MR) is 94.0 cm³/mol. The topological polar surface area (TPSA) is 29.1 Å². The molecule has 0 aliphatic rings. The van der Waals surface area contributed by atoms with Gasteiger partial charge in [-0.1, -0.05) is 55.1 Å². The van der Waals surface area contributed by atoms with Gasteiger partial charge in [0.25, 0.3) is 5.91 Å². The molecular formula is C13H6Br3Cl2NO. The Morgan fingerprint density at radius 3 is 2.15 bits per heavy atom. The molecule has 0 aliphatic carbocycles. The summed E-state index contributed by atoms with van der Waals surface area (Å²) in [6, 6.07) is 8.66. The van der Waals surface area contributed by atoms with Gasteiger partial charge in [0.05, 0.1) is 21.3 Å². The zero-order chi connectivity index (χ0) is 14.9. The molecule has 0 heterocycles. The molecule has 2 aromatic rings. The Bertz CT molecular complexity index is 668. The fourth-order valence-corrected chi connectivity index (χ4v) is 3.60. The van der Waals surface area contributed by atoms with Crippen molar-refractivity contribution in [1.82, 2.24) is 0 Å². The summed E-state index contributed by atoms with van der Waals surface area (Å²) in [5.41, 5.74) is 0.864. The van der Waals surface area contributed by atoms with E-state index in [0.717, 1.165) is 8.95 Å². The number of hydrogen-bond acceptors (Lipinski definition) is 1. The van der Waals surface area contributed by atoms with Crippen molar-refractivity contribution >= 4 is 82.6 Å². The lowest BCUT2D eigenvalue weighted by Gasteiger charge is -2.11. The lowest BCUT2D eigenvalue weighted by molar-refractivity contribution is 0.102. The number of rotatable bonds is 2. The van der Waals surface area contributed by atoms with Gasteiger partial charge in [-0.2, -0.15) is 0 Å². The second-order valence-electron chi connectivity index (χ2n) is 3.82. The van der Waals surface area contributed by atoms with Crippen LogP contribution >= 0.6 is 71.0 Å². The van der Waals surface area contributed by atoms with Crippen LogP contribution in [0.25, 0.3) is 0 Å². The summed E-state index contributed by atoms with van der Waals surface area (Å²) in [6.45, 7) is 0. The minimum atomic E-state index is -0.302. The van der Waals surface area contributed by atoms with Crippen LogP contribution in [0.1, 0.15) is 10.4 Å². The molecule has 2 rings (SSSR count). The van der Waals surface area contributed by atoms with Crippen LogP contribution in [0, 0.1) is 0 Å². The van der Waals surface area contributed by atoms with Crippen LogP contribution in [0.4, 0.5) is 5.69 Å². The average Bonchev–Trinajstić information content (AvgIpc) is 2.36. The Hall–Kier alpha value is -0.0700. The quantitative estimate of drug-likeness (QED) is 0.497. The van der Waals surface area contributed by atoms with E-state index in [4.69, 9.17) is 23.2 Å². The Balaban J connectivity index is 2.35. The van der Waals surface area contributed by atoms with Gasteiger partial charge in [-0.25, -0.2) is 0 Å². The van der Waals surface area contributed by atoms with E-state index < -0.39 is 0 Å². The molecule has 20 heavy (non-hydrogen) atoms. The van der Waals surface area contributed by atoms with E-state index in [1.54, 1.807) is 24.3 Å². The minimum Gasteiger partial charge on any atom is -0.319 e. The Morgan fingerprint density at radius 2 is 1.55 bits per heavy atom. The molecule has 2 nitrogen and oxygen atoms in total. The van der Waals surface area contributed by atoms with Crippen molar-refractivity contribution in [3.8, 4) is 0 Å². The standard InChI is InChI=1S/C13H6Br3Cl2NO/c14-6-1-2-9(16)8(3-6)13(20)19-12-10(17)4-7(15)5-11(12)18/h1-5H,(H,19,20). The number of benzene rings is 2. The molecule has 1 N–H and O–H groups in total. The van der Waals surface area contributed by atoms with Crippen LogP contribution in [0.15, 0.2) is 43.7 Å². The van der Waals surface area contributed by atoms with Gasteiger partial charge in [0, 0.05) is 13.4 Å². The molecule has 0 bridgehead atoms. The highest BCUT2D eigenvalue weighted by atomic mass is 79.9. The minimum absolute atomic E-state index is 0.302. The Kier molecular flexibility index (Phi) is 5.54. The normalized spacial score (nSPS) is 10.4. The summed E-state index contributed by atoms with van der Waals surface area (Å²) in [6.07, 6.45) is 0. The first kappa shape index (κ1) is 16.3. The van der Waals surface area contributed by atoms with Gasteiger partial charge >= 0.3 is 0 Å². The molecule has 0 radical (unpaired) electrons. The molecule has 0 saturated carbocycles. The summed E-state index contributed by atoms with van der Waals surface area (Å²) in [4.78, 5) is 12.3. The van der Waals surface area contributed by atoms with Gasteiger partial charge in [-0.15, -0.1) is 0 Å². The maximum atomic E-state index is 12.3. The number of carbonyl (C=O) groups excluding carboxylic acids is 1. The molecule has 2 aromatic carbocycles. The molecular weight excluding hydrogens is 497 g/mol. The largest absolute Gasteiger partial charge is 0.319 e. The maximum Gasteiger partial charge on any atom is 0.256 e. The molecule has 104 valence electrons. The second-order valence-corrected chi connectivity index (χ2v) is 7.32. The van der Waals surface area contributed by atoms with Gasteiger partial charge in [0.1, 0.15) is 0 Å². The molecule has 7 heteroatoms. The predicted octanol–water partition coefficient (Wildman–Crippen LogP) is 6.53. The zero-order valence-corrected chi connectivity index (χ0v) is 16.0. The first-order valence-corrected chi connectivity index (χ1v) is 8.43. The molecule has 0 aliphatic heterocycles. The first-order chi connectivity index (χ1) is 9.38. The van der Waals surface area contributed by atoms with E-state index in [9.17, 15) is 4.79 Å². The van der Waals surface area contributed by atoms with Gasteiger partial charge in [-0.05, 0) is 46.3 Å². The van der Waals surface area contributed by atoms with Crippen molar-refractivity contribution in [2.75, 3.05) is 5.32 Å². The second kappa shape index (κ2) is 6.79. The summed E-state index contributed by atoms with van der Waals surface area (Å²) >= 11 is 22.1. The van der Waals surface area contributed by atoms with Crippen molar-refractivity contribution in [2.24, 2.45) is 0 Å². The molecule has 0 saturated heterocycles. The summed E-state index contributed by atoms with van der Waals surface area (Å²) in [5.74, 6) is -0.302. The van der Waals surface area contributed by atoms with Crippen LogP contribution < -0.4 is 5.32 Å². The molecule has 0 unspecified atom stereocenters. The highest BCUT2D eigenvalue weighted by Crippen LogP contribution is 2.34. The third-order valence-electron chi connectivity index (χ3n) is 2.42. The molecule has 1 amide bonds. The van der Waals surface area contributed by atoms with Crippen LogP contribution in [0.3, 0.4) is 0 Å². The molecule has 0 aromatic heterocycles. The van der Waals surface area contributed by atoms with Crippen molar-refractivity contribution in [3.05, 3.63) is 59.4 Å². The first-order valence-electron chi connectivity index (χ1n) is 5.29. The van der Waals surface area contributed by atoms with Crippen molar-refractivity contribution in [1.29, 1.82) is 0 Å². The number of anilines is 1. The monoisotopic (exact) mass is 499 g/mol. The Labute approximate surface area is 151 Å². The molecule has 0 spiro atoms. The fraction of sp³-hybridized carbons (Fsp3) is 0. The van der Waals surface area contributed by atoms with Crippen molar-refractivity contribution in [3.63, 3.8) is 0 Å². The molecule has 0 fully saturated rings. The maximum absolute atomic E-state index is 12.3. The van der Waals surface area contributed by atoms with Crippen LogP contribution in [-0.2, 0) is 0 Å². The van der Waals surface area contributed by atoms with E-state index in [2.05, 4.69) is 53.1 Å². The van der Waals surface area contributed by atoms with Gasteiger partial charge in [0.2, 0.25) is 0 Å². The summed E-state index contributed by atoms with van der Waals surface area (Å²) < 4.78 is 2.23. The number of nitrogens with one attached hydrogen (secondary N) is 1. The number of amides is 1. The number of hydrogen-bond donors (Lipinski definition) is 1. The summed E-state index contributed by atoms with van der Waals surface area (Å²) in [7, 11) is 0. The van der Waals surface area contributed by atoms with E-state index in [0.29, 0.717) is 25.8 Å². The lowest BCUT2D eigenvalue weighted by atomic mass is 10.2. The Morgan fingerprint density at radius 1 is 0.950 bits per heavy atom. The van der Waals surface area contributed by atoms with Gasteiger partial charge < -0.3 is 5.32 Å². The zero-order valence-electron chi connectivity index (χ0n) is 9.68. The van der Waals surface area contributed by atoms with E-state index in [-0.39, 0.29) is 5.91 Å². The third kappa shape index (κ3) is 3.77. The van der Waals surface area contributed by atoms with E-state index >= 15 is 0 Å². The highest BCUT2D eigenvalue weighted by Gasteiger charge is 2.15. The van der Waals surface area contributed by atoms with Crippen LogP contribution in [0.2, 0.25) is 10.0 Å². The summed E-state index contributed by atoms with van der Waals surface area (Å²) in [5, 5.41) is 3.44. The van der Waals surface area contributed by atoms with Gasteiger partial charge in [-0.3, -0.25) is 4.79 Å². The van der Waals surface area contributed by atoms with Crippen LogP contribution in [0.5, 0.6) is 0 Å². The van der Waals surface area contributed by atoms with E-state index in [1.807, 2.05) is 6.07 Å². The highest BCUT2D eigenvalue weighted by molar-refractivity contribution is 9.11. The SMILES string of the molecule is O=C(Nc1c(Cl)cc(Br)cc1Cl)c1cc(Br)ccc1Br. The fourth-order valence-electron chi connectivity index (χ4n) is 1.51.